The van der Waals surface area contributed by atoms with Crippen molar-refractivity contribution in [2.24, 2.45) is 5.92 Å². The summed E-state index contributed by atoms with van der Waals surface area (Å²) in [5.41, 5.74) is 1.98. The average Bonchev–Trinajstić information content (AvgIpc) is 2.64. The van der Waals surface area contributed by atoms with Crippen molar-refractivity contribution in [3.05, 3.63) is 29.0 Å². The van der Waals surface area contributed by atoms with E-state index in [1.54, 1.807) is 0 Å². The largest absolute Gasteiger partial charge is 0.325 e. The van der Waals surface area contributed by atoms with E-state index in [1.807, 2.05) is 25.1 Å². The summed E-state index contributed by atoms with van der Waals surface area (Å²) in [6.45, 7) is 2.96. The Labute approximate surface area is 117 Å². The normalized spacial score (nSPS) is 17.9. The Bertz CT molecular complexity index is 570. The number of aromatic nitrogens is 2. The highest BCUT2D eigenvalue weighted by Gasteiger charge is 2.23. The number of hydrogen-bond acceptors (Lipinski definition) is 1. The third-order valence-corrected chi connectivity index (χ3v) is 4.27. The van der Waals surface area contributed by atoms with Crippen LogP contribution in [0.2, 0.25) is 5.02 Å². The fourth-order valence-electron chi connectivity index (χ4n) is 2.58. The SMILES string of the molecule is CC(Cl)c1nc2cccc(Cl)c2n1CC1CCC1. The molecule has 1 unspecified atom stereocenters. The zero-order chi connectivity index (χ0) is 12.7. The standard InChI is InChI=1S/C14H16Cl2N2/c1-9(15)14-17-12-7-3-6-11(16)13(12)18(14)8-10-4-2-5-10/h3,6-7,9-10H,2,4-5,8H2,1H3. The Kier molecular flexibility index (Phi) is 3.25. The highest BCUT2D eigenvalue weighted by molar-refractivity contribution is 6.35. The molecule has 0 amide bonds. The summed E-state index contributed by atoms with van der Waals surface area (Å²) in [7, 11) is 0. The molecule has 1 fully saturated rings. The molecule has 4 heteroatoms. The van der Waals surface area contributed by atoms with E-state index in [2.05, 4.69) is 9.55 Å². The van der Waals surface area contributed by atoms with Gasteiger partial charge in [-0.05, 0) is 37.8 Å². The number of alkyl halides is 1. The van der Waals surface area contributed by atoms with Gasteiger partial charge in [0.1, 0.15) is 5.82 Å². The van der Waals surface area contributed by atoms with Crippen molar-refractivity contribution in [1.29, 1.82) is 0 Å². The molecule has 2 nitrogen and oxygen atoms in total. The summed E-state index contributed by atoms with van der Waals surface area (Å²) in [6.07, 6.45) is 3.96. The van der Waals surface area contributed by atoms with Crippen molar-refractivity contribution in [2.75, 3.05) is 0 Å². The molecule has 0 saturated heterocycles. The molecule has 18 heavy (non-hydrogen) atoms. The van der Waals surface area contributed by atoms with Crippen LogP contribution in [0.4, 0.5) is 0 Å². The maximum Gasteiger partial charge on any atom is 0.127 e. The Morgan fingerprint density at radius 1 is 1.44 bits per heavy atom. The van der Waals surface area contributed by atoms with Crippen LogP contribution < -0.4 is 0 Å². The van der Waals surface area contributed by atoms with Crippen molar-refractivity contribution < 1.29 is 0 Å². The molecule has 1 aliphatic carbocycles. The van der Waals surface area contributed by atoms with Gasteiger partial charge in [0.15, 0.2) is 0 Å². The predicted molar refractivity (Wildman–Crippen MR) is 76.4 cm³/mol. The summed E-state index contributed by atoms with van der Waals surface area (Å²) in [6, 6.07) is 5.86. The van der Waals surface area contributed by atoms with Crippen LogP contribution in [-0.4, -0.2) is 9.55 Å². The third kappa shape index (κ3) is 2.02. The molecule has 0 bridgehead atoms. The molecule has 96 valence electrons. The number of hydrogen-bond donors (Lipinski definition) is 0. The van der Waals surface area contributed by atoms with Crippen LogP contribution in [0.5, 0.6) is 0 Å². The van der Waals surface area contributed by atoms with Gasteiger partial charge in [0, 0.05) is 6.54 Å². The summed E-state index contributed by atoms with van der Waals surface area (Å²) >= 11 is 12.6. The second-order valence-corrected chi connectivity index (χ2v) is 6.16. The summed E-state index contributed by atoms with van der Waals surface area (Å²) in [4.78, 5) is 4.63. The molecule has 0 aliphatic heterocycles. The summed E-state index contributed by atoms with van der Waals surface area (Å²) < 4.78 is 2.22. The van der Waals surface area contributed by atoms with E-state index in [0.717, 1.165) is 34.3 Å². The van der Waals surface area contributed by atoms with Crippen molar-refractivity contribution in [2.45, 2.75) is 38.1 Å². The minimum absolute atomic E-state index is 0.0893. The van der Waals surface area contributed by atoms with Gasteiger partial charge in [-0.1, -0.05) is 24.1 Å². The van der Waals surface area contributed by atoms with Crippen LogP contribution in [0.3, 0.4) is 0 Å². The summed E-state index contributed by atoms with van der Waals surface area (Å²) in [5, 5.41) is 0.677. The monoisotopic (exact) mass is 282 g/mol. The molecule has 3 rings (SSSR count). The Morgan fingerprint density at radius 3 is 2.83 bits per heavy atom. The quantitative estimate of drug-likeness (QED) is 0.740. The number of halogens is 2. The Hall–Kier alpha value is -0.730. The second-order valence-electron chi connectivity index (χ2n) is 5.10. The van der Waals surface area contributed by atoms with E-state index in [1.165, 1.54) is 19.3 Å². The molecular formula is C14H16Cl2N2. The minimum atomic E-state index is -0.0893. The molecule has 2 aromatic rings. The van der Waals surface area contributed by atoms with E-state index in [0.29, 0.717) is 0 Å². The van der Waals surface area contributed by atoms with Gasteiger partial charge in [-0.15, -0.1) is 11.6 Å². The zero-order valence-electron chi connectivity index (χ0n) is 10.4. The number of nitrogens with zero attached hydrogens (tertiary/aromatic N) is 2. The molecule has 0 radical (unpaired) electrons. The highest BCUT2D eigenvalue weighted by Crippen LogP contribution is 2.34. The van der Waals surface area contributed by atoms with E-state index in [4.69, 9.17) is 23.2 Å². The van der Waals surface area contributed by atoms with Crippen molar-refractivity contribution in [1.82, 2.24) is 9.55 Å². The first-order chi connectivity index (χ1) is 8.66. The molecule has 0 N–H and O–H groups in total. The van der Waals surface area contributed by atoms with Crippen LogP contribution in [0.15, 0.2) is 18.2 Å². The Morgan fingerprint density at radius 2 is 2.22 bits per heavy atom. The van der Waals surface area contributed by atoms with E-state index in [-0.39, 0.29) is 5.38 Å². The topological polar surface area (TPSA) is 17.8 Å². The predicted octanol–water partition coefficient (Wildman–Crippen LogP) is 4.79. The van der Waals surface area contributed by atoms with E-state index < -0.39 is 0 Å². The molecule has 0 spiro atoms. The lowest BCUT2D eigenvalue weighted by Gasteiger charge is -2.27. The number of rotatable bonds is 3. The number of imidazole rings is 1. The van der Waals surface area contributed by atoms with Gasteiger partial charge in [0.05, 0.1) is 21.4 Å². The van der Waals surface area contributed by atoms with Crippen molar-refractivity contribution in [3.63, 3.8) is 0 Å². The third-order valence-electron chi connectivity index (χ3n) is 3.77. The van der Waals surface area contributed by atoms with Gasteiger partial charge in [-0.3, -0.25) is 0 Å². The Balaban J connectivity index is 2.13. The van der Waals surface area contributed by atoms with Gasteiger partial charge < -0.3 is 4.57 Å². The van der Waals surface area contributed by atoms with Gasteiger partial charge in [-0.2, -0.15) is 0 Å². The summed E-state index contributed by atoms with van der Waals surface area (Å²) in [5.74, 6) is 1.69. The second kappa shape index (κ2) is 4.75. The number of para-hydroxylation sites is 1. The van der Waals surface area contributed by atoms with Crippen LogP contribution in [0.1, 0.15) is 37.4 Å². The first-order valence-electron chi connectivity index (χ1n) is 6.45. The molecule has 1 atom stereocenters. The molecule has 1 saturated carbocycles. The molecule has 1 aliphatic rings. The van der Waals surface area contributed by atoms with Gasteiger partial charge in [-0.25, -0.2) is 4.98 Å². The van der Waals surface area contributed by atoms with Gasteiger partial charge in [0.2, 0.25) is 0 Å². The van der Waals surface area contributed by atoms with Crippen LogP contribution in [-0.2, 0) is 6.54 Å². The lowest BCUT2D eigenvalue weighted by molar-refractivity contribution is 0.276. The molecule has 1 heterocycles. The molecule has 1 aromatic carbocycles. The number of fused-ring (bicyclic) bond motifs is 1. The fourth-order valence-corrected chi connectivity index (χ4v) is 3.02. The van der Waals surface area contributed by atoms with Crippen LogP contribution in [0, 0.1) is 5.92 Å². The first kappa shape index (κ1) is 12.3. The van der Waals surface area contributed by atoms with E-state index in [9.17, 15) is 0 Å². The van der Waals surface area contributed by atoms with E-state index >= 15 is 0 Å². The maximum absolute atomic E-state index is 6.32. The van der Waals surface area contributed by atoms with Gasteiger partial charge in [0.25, 0.3) is 0 Å². The lowest BCUT2D eigenvalue weighted by atomic mass is 9.85. The highest BCUT2D eigenvalue weighted by atomic mass is 35.5. The van der Waals surface area contributed by atoms with Crippen molar-refractivity contribution in [3.8, 4) is 0 Å². The fraction of sp³-hybridized carbons (Fsp3) is 0.500. The average molecular weight is 283 g/mol. The maximum atomic E-state index is 6.32. The number of benzene rings is 1. The van der Waals surface area contributed by atoms with Gasteiger partial charge >= 0.3 is 0 Å². The minimum Gasteiger partial charge on any atom is -0.325 e. The van der Waals surface area contributed by atoms with Crippen LogP contribution in [0.25, 0.3) is 11.0 Å². The van der Waals surface area contributed by atoms with Crippen molar-refractivity contribution >= 4 is 34.2 Å². The zero-order valence-corrected chi connectivity index (χ0v) is 11.9. The van der Waals surface area contributed by atoms with Crippen LogP contribution >= 0.6 is 23.2 Å². The molecular weight excluding hydrogens is 267 g/mol. The first-order valence-corrected chi connectivity index (χ1v) is 7.27. The molecule has 1 aromatic heterocycles. The lowest BCUT2D eigenvalue weighted by Crippen LogP contribution is -2.19. The smallest absolute Gasteiger partial charge is 0.127 e.